The van der Waals surface area contributed by atoms with Crippen molar-refractivity contribution in [1.82, 2.24) is 30.6 Å². The second-order valence-electron chi connectivity index (χ2n) is 13.7. The fourth-order valence-electron chi connectivity index (χ4n) is 8.42. The van der Waals surface area contributed by atoms with Crippen molar-refractivity contribution < 1.29 is 8.78 Å². The second-order valence-corrected chi connectivity index (χ2v) is 13.7. The summed E-state index contributed by atoms with van der Waals surface area (Å²) in [4.78, 5) is 16.4. The van der Waals surface area contributed by atoms with E-state index in [1.807, 2.05) is 42.5 Å². The molecule has 4 heterocycles. The van der Waals surface area contributed by atoms with Crippen molar-refractivity contribution >= 4 is 60.7 Å². The Balaban J connectivity index is 0.000000966. The molecule has 1 spiro atoms. The molecular formula is C35H36Cl4F2N6. The molecule has 0 unspecified atom stereocenters. The van der Waals surface area contributed by atoms with Gasteiger partial charge in [0.15, 0.2) is 0 Å². The molecule has 3 aliphatic carbocycles. The quantitative estimate of drug-likeness (QED) is 0.149. The van der Waals surface area contributed by atoms with Gasteiger partial charge in [0.1, 0.15) is 11.6 Å². The molecule has 2 saturated heterocycles. The Bertz CT molecular complexity index is 1970. The summed E-state index contributed by atoms with van der Waals surface area (Å²) in [6, 6.07) is 18.0. The van der Waals surface area contributed by atoms with E-state index in [2.05, 4.69) is 25.6 Å². The van der Waals surface area contributed by atoms with Crippen LogP contribution in [-0.4, -0.2) is 32.5 Å². The predicted molar refractivity (Wildman–Crippen MR) is 191 cm³/mol. The molecule has 0 amide bonds. The summed E-state index contributed by atoms with van der Waals surface area (Å²) in [7, 11) is 0. The minimum Gasteiger partial charge on any atom is -0.341 e. The molecule has 4 atom stereocenters. The second kappa shape index (κ2) is 12.0. The normalized spacial score (nSPS) is 25.0. The fourth-order valence-corrected chi connectivity index (χ4v) is 8.42. The van der Waals surface area contributed by atoms with Crippen molar-refractivity contribution in [1.29, 1.82) is 0 Å². The summed E-state index contributed by atoms with van der Waals surface area (Å²) in [5.74, 6) is -0.571. The highest BCUT2D eigenvalue weighted by atomic mass is 35.5. The number of piperidine rings is 1. The molecule has 12 heteroatoms. The van der Waals surface area contributed by atoms with Gasteiger partial charge in [-0.3, -0.25) is 0 Å². The van der Waals surface area contributed by atoms with Gasteiger partial charge in [-0.05, 0) is 96.4 Å². The maximum Gasteiger partial charge on any atom is 0.299 e. The molecule has 3 aromatic carbocycles. The van der Waals surface area contributed by atoms with Gasteiger partial charge in [-0.15, -0.1) is 49.6 Å². The van der Waals surface area contributed by atoms with E-state index in [1.54, 1.807) is 18.3 Å². The molecule has 248 valence electrons. The summed E-state index contributed by atoms with van der Waals surface area (Å²) in [5, 5.41) is 7.29. The minimum atomic E-state index is -3.09. The molecular weight excluding hydrogens is 684 g/mol. The molecule has 6 nitrogen and oxygen atoms in total. The Hall–Kier alpha value is -2.72. The van der Waals surface area contributed by atoms with Crippen molar-refractivity contribution in [3.05, 3.63) is 83.6 Å². The summed E-state index contributed by atoms with van der Waals surface area (Å²) < 4.78 is 32.2. The average molecular weight is 721 g/mol. The number of hydrogen-bond acceptors (Lipinski definition) is 4. The van der Waals surface area contributed by atoms with E-state index in [-0.39, 0.29) is 72.8 Å². The Labute approximate surface area is 296 Å². The van der Waals surface area contributed by atoms with Crippen molar-refractivity contribution in [2.45, 2.75) is 62.6 Å². The van der Waals surface area contributed by atoms with Gasteiger partial charge in [0.25, 0.3) is 5.92 Å². The molecule has 2 aliphatic heterocycles. The van der Waals surface area contributed by atoms with Gasteiger partial charge >= 0.3 is 0 Å². The van der Waals surface area contributed by atoms with Gasteiger partial charge < -0.3 is 20.6 Å². The van der Waals surface area contributed by atoms with Crippen LogP contribution in [0.4, 0.5) is 8.78 Å². The lowest BCUT2D eigenvalue weighted by Gasteiger charge is -2.20. The van der Waals surface area contributed by atoms with Crippen LogP contribution in [-0.2, 0) is 5.92 Å². The lowest BCUT2D eigenvalue weighted by Crippen LogP contribution is -2.29. The van der Waals surface area contributed by atoms with Crippen LogP contribution < -0.4 is 10.6 Å². The highest BCUT2D eigenvalue weighted by Crippen LogP contribution is 2.55. The molecule has 5 aliphatic rings. The molecule has 2 aromatic heterocycles. The molecule has 2 bridgehead atoms. The van der Waals surface area contributed by atoms with Crippen molar-refractivity contribution in [2.24, 2.45) is 11.3 Å². The third-order valence-electron chi connectivity index (χ3n) is 11.0. The lowest BCUT2D eigenvalue weighted by molar-refractivity contribution is 0.0481. The molecule has 47 heavy (non-hydrogen) atoms. The zero-order valence-corrected chi connectivity index (χ0v) is 28.6. The van der Waals surface area contributed by atoms with Gasteiger partial charge in [0.2, 0.25) is 0 Å². The topological polar surface area (TPSA) is 81.4 Å². The van der Waals surface area contributed by atoms with E-state index in [1.165, 1.54) is 32.1 Å². The van der Waals surface area contributed by atoms with Crippen LogP contribution in [0.1, 0.15) is 73.4 Å². The van der Waals surface area contributed by atoms with E-state index in [0.717, 1.165) is 58.0 Å². The smallest absolute Gasteiger partial charge is 0.299 e. The molecule has 2 saturated carbocycles. The van der Waals surface area contributed by atoms with E-state index in [0.29, 0.717) is 28.5 Å². The SMILES string of the molecule is Cl.Cl.Cl.Cl.FC1(F)c2cc(-c3ccc4nc([C@@H]5N[C@@H]6CC[C@H]5C6)[nH]c4c3)ccc2-c2ccc(-c3cnc([C@@H]4CC5(CC5)CN4)[nH]3)cc21. The third kappa shape index (κ3) is 5.27. The van der Waals surface area contributed by atoms with Crippen LogP contribution >= 0.6 is 49.6 Å². The number of imidazole rings is 2. The van der Waals surface area contributed by atoms with Crippen molar-refractivity contribution in [2.75, 3.05) is 6.54 Å². The number of fused-ring (bicyclic) bond motifs is 6. The van der Waals surface area contributed by atoms with Gasteiger partial charge in [-0.1, -0.05) is 30.3 Å². The first kappa shape index (κ1) is 34.2. The Morgan fingerprint density at radius 2 is 1.47 bits per heavy atom. The van der Waals surface area contributed by atoms with Gasteiger partial charge in [-0.2, -0.15) is 8.78 Å². The zero-order valence-electron chi connectivity index (χ0n) is 25.3. The number of halogens is 6. The van der Waals surface area contributed by atoms with Crippen LogP contribution in [0.15, 0.2) is 60.8 Å². The first-order chi connectivity index (χ1) is 20.9. The standard InChI is InChI=1S/C35H32F2N6.4ClH/c36-35(37)25-12-18(19-4-8-27-28(14-19)42-33(41-27)31-21-1-5-22(11-21)40-31)2-6-23(25)24-7-3-20(13-26(24)35)30-16-38-32(43-30)29-15-34(9-10-34)17-39-29;;;;/h2-4,6-8,12-14,16,21-22,29,31,39-40H,1,5,9-11,15,17H2,(H,38,43)(H,41,42);4*1H/t21-,22+,29-,31+;;;;/m0..../s1. The molecule has 0 radical (unpaired) electrons. The zero-order chi connectivity index (χ0) is 28.5. The number of benzene rings is 3. The number of nitrogens with zero attached hydrogens (tertiary/aromatic N) is 2. The predicted octanol–water partition coefficient (Wildman–Crippen LogP) is 9.06. The fraction of sp³-hybridized carbons (Fsp3) is 0.371. The number of aromatic amines is 2. The van der Waals surface area contributed by atoms with Crippen molar-refractivity contribution in [3.8, 4) is 33.5 Å². The number of alkyl halides is 2. The maximum atomic E-state index is 16.1. The Morgan fingerprint density at radius 3 is 2.15 bits per heavy atom. The number of H-pyrrole nitrogens is 2. The van der Waals surface area contributed by atoms with Crippen LogP contribution in [0.5, 0.6) is 0 Å². The molecule has 10 rings (SSSR count). The highest BCUT2D eigenvalue weighted by Gasteiger charge is 2.49. The van der Waals surface area contributed by atoms with E-state index < -0.39 is 5.92 Å². The average Bonchev–Trinajstić information content (AvgIpc) is 3.68. The summed E-state index contributed by atoms with van der Waals surface area (Å²) >= 11 is 0. The minimum absolute atomic E-state index is 0. The van der Waals surface area contributed by atoms with Gasteiger partial charge in [0.05, 0.1) is 35.0 Å². The number of aromatic nitrogens is 4. The Kier molecular flexibility index (Phi) is 8.72. The summed E-state index contributed by atoms with van der Waals surface area (Å²) in [6.07, 6.45) is 9.16. The van der Waals surface area contributed by atoms with Gasteiger partial charge in [-0.25, -0.2) is 9.97 Å². The first-order valence-corrected chi connectivity index (χ1v) is 15.6. The number of hydrogen-bond donors (Lipinski definition) is 4. The van der Waals surface area contributed by atoms with E-state index >= 15 is 8.78 Å². The summed E-state index contributed by atoms with van der Waals surface area (Å²) in [6.45, 7) is 1.04. The maximum absolute atomic E-state index is 16.1. The van der Waals surface area contributed by atoms with Crippen LogP contribution in [0.2, 0.25) is 0 Å². The van der Waals surface area contributed by atoms with Gasteiger partial charge in [0, 0.05) is 29.3 Å². The molecule has 5 aromatic rings. The number of nitrogens with one attached hydrogen (secondary N) is 4. The molecule has 4 fully saturated rings. The van der Waals surface area contributed by atoms with Crippen LogP contribution in [0, 0.1) is 11.3 Å². The van der Waals surface area contributed by atoms with E-state index in [9.17, 15) is 0 Å². The number of rotatable bonds is 4. The van der Waals surface area contributed by atoms with E-state index in [4.69, 9.17) is 4.98 Å². The Morgan fingerprint density at radius 1 is 0.766 bits per heavy atom. The lowest BCUT2D eigenvalue weighted by atomic mass is 9.98. The van der Waals surface area contributed by atoms with Crippen LogP contribution in [0.3, 0.4) is 0 Å². The first-order valence-electron chi connectivity index (χ1n) is 15.6. The molecule has 4 N–H and O–H groups in total. The largest absolute Gasteiger partial charge is 0.341 e. The summed E-state index contributed by atoms with van der Waals surface area (Å²) in [5.41, 5.74) is 6.79. The van der Waals surface area contributed by atoms with Crippen molar-refractivity contribution in [3.63, 3.8) is 0 Å². The third-order valence-corrected chi connectivity index (χ3v) is 11.0. The monoisotopic (exact) mass is 718 g/mol. The van der Waals surface area contributed by atoms with Crippen LogP contribution in [0.25, 0.3) is 44.5 Å². The highest BCUT2D eigenvalue weighted by molar-refractivity contribution is 5.87.